The third-order valence-corrected chi connectivity index (χ3v) is 4.46. The van der Waals surface area contributed by atoms with E-state index >= 15 is 0 Å². The highest BCUT2D eigenvalue weighted by molar-refractivity contribution is 8.00. The predicted molar refractivity (Wildman–Crippen MR) is 79.9 cm³/mol. The summed E-state index contributed by atoms with van der Waals surface area (Å²) >= 11 is 2.11. The molecule has 1 heterocycles. The van der Waals surface area contributed by atoms with Crippen LogP contribution in [0.1, 0.15) is 41.0 Å². The molecular weight excluding hydrogens is 228 g/mol. The molecule has 0 aromatic heterocycles. The van der Waals surface area contributed by atoms with Crippen molar-refractivity contribution in [3.05, 3.63) is 0 Å². The first-order valence-electron chi connectivity index (χ1n) is 6.86. The molecule has 0 spiro atoms. The zero-order valence-electron chi connectivity index (χ0n) is 12.3. The molecule has 0 atom stereocenters. The van der Waals surface area contributed by atoms with Gasteiger partial charge in [-0.1, -0.05) is 20.8 Å². The number of rotatable bonds is 5. The second kappa shape index (κ2) is 6.44. The minimum Gasteiger partial charge on any atom is -0.315 e. The highest BCUT2D eigenvalue weighted by Crippen LogP contribution is 2.29. The van der Waals surface area contributed by atoms with Gasteiger partial charge in [0.1, 0.15) is 0 Å². The van der Waals surface area contributed by atoms with Crippen molar-refractivity contribution in [2.75, 3.05) is 38.5 Å². The topological polar surface area (TPSA) is 15.3 Å². The SMILES string of the molecule is CC(C)(C)CCNCCN1CCSC(C)(C)C1. The van der Waals surface area contributed by atoms with Crippen molar-refractivity contribution < 1.29 is 0 Å². The van der Waals surface area contributed by atoms with Gasteiger partial charge in [0.2, 0.25) is 0 Å². The minimum atomic E-state index is 0.448. The van der Waals surface area contributed by atoms with E-state index in [-0.39, 0.29) is 0 Å². The van der Waals surface area contributed by atoms with Crippen LogP contribution >= 0.6 is 11.8 Å². The van der Waals surface area contributed by atoms with Gasteiger partial charge in [-0.05, 0) is 32.2 Å². The second-order valence-corrected chi connectivity index (χ2v) is 8.75. The van der Waals surface area contributed by atoms with E-state index in [4.69, 9.17) is 0 Å². The van der Waals surface area contributed by atoms with E-state index in [1.807, 2.05) is 0 Å². The lowest BCUT2D eigenvalue weighted by molar-refractivity contribution is 0.257. The molecule has 0 aromatic rings. The molecule has 2 nitrogen and oxygen atoms in total. The van der Waals surface area contributed by atoms with Gasteiger partial charge in [0.15, 0.2) is 0 Å². The van der Waals surface area contributed by atoms with Gasteiger partial charge < -0.3 is 5.32 Å². The monoisotopic (exact) mass is 258 g/mol. The Morgan fingerprint density at radius 1 is 1.24 bits per heavy atom. The Kier molecular flexibility index (Phi) is 5.81. The van der Waals surface area contributed by atoms with Crippen LogP contribution in [0.25, 0.3) is 0 Å². The van der Waals surface area contributed by atoms with Crippen LogP contribution in [0.2, 0.25) is 0 Å². The summed E-state index contributed by atoms with van der Waals surface area (Å²) in [7, 11) is 0. The summed E-state index contributed by atoms with van der Waals surface area (Å²) in [6.07, 6.45) is 1.26. The van der Waals surface area contributed by atoms with E-state index in [9.17, 15) is 0 Å². The van der Waals surface area contributed by atoms with Crippen LogP contribution in [0.3, 0.4) is 0 Å². The summed E-state index contributed by atoms with van der Waals surface area (Å²) < 4.78 is 0.448. The van der Waals surface area contributed by atoms with Crippen LogP contribution in [0, 0.1) is 5.41 Å². The third-order valence-electron chi connectivity index (χ3n) is 3.16. The highest BCUT2D eigenvalue weighted by Gasteiger charge is 2.26. The Labute approximate surface area is 112 Å². The zero-order chi connectivity index (χ0) is 12.9. The van der Waals surface area contributed by atoms with Crippen LogP contribution in [0.5, 0.6) is 0 Å². The van der Waals surface area contributed by atoms with E-state index in [0.29, 0.717) is 10.2 Å². The molecule has 17 heavy (non-hydrogen) atoms. The maximum atomic E-state index is 3.57. The Balaban J connectivity index is 2.07. The molecule has 0 bridgehead atoms. The molecule has 1 saturated heterocycles. The van der Waals surface area contributed by atoms with Crippen molar-refractivity contribution in [2.45, 2.75) is 45.8 Å². The number of nitrogens with zero attached hydrogens (tertiary/aromatic N) is 1. The summed E-state index contributed by atoms with van der Waals surface area (Å²) in [5.41, 5.74) is 0.455. The molecular formula is C14H30N2S. The lowest BCUT2D eigenvalue weighted by Gasteiger charge is -2.37. The fourth-order valence-electron chi connectivity index (χ4n) is 2.13. The van der Waals surface area contributed by atoms with E-state index in [1.165, 1.54) is 31.8 Å². The van der Waals surface area contributed by atoms with Gasteiger partial charge in [0.05, 0.1) is 0 Å². The lowest BCUT2D eigenvalue weighted by atomic mass is 9.92. The molecule has 0 aromatic carbocycles. The van der Waals surface area contributed by atoms with Gasteiger partial charge >= 0.3 is 0 Å². The molecule has 1 rings (SSSR count). The summed E-state index contributed by atoms with van der Waals surface area (Å²) in [5, 5.41) is 3.57. The Bertz CT molecular complexity index is 221. The molecule has 1 aliphatic heterocycles. The Hall–Kier alpha value is 0.270. The molecule has 1 aliphatic rings. The number of hydrogen-bond donors (Lipinski definition) is 1. The van der Waals surface area contributed by atoms with Gasteiger partial charge in [0.25, 0.3) is 0 Å². The van der Waals surface area contributed by atoms with E-state index in [1.54, 1.807) is 0 Å². The van der Waals surface area contributed by atoms with Crippen molar-refractivity contribution in [3.63, 3.8) is 0 Å². The maximum absolute atomic E-state index is 3.57. The Morgan fingerprint density at radius 3 is 2.53 bits per heavy atom. The lowest BCUT2D eigenvalue weighted by Crippen LogP contribution is -2.45. The van der Waals surface area contributed by atoms with Crippen LogP contribution in [0.15, 0.2) is 0 Å². The molecule has 1 N–H and O–H groups in total. The number of thioether (sulfide) groups is 1. The van der Waals surface area contributed by atoms with Gasteiger partial charge in [-0.2, -0.15) is 11.8 Å². The maximum Gasteiger partial charge on any atom is 0.0231 e. The van der Waals surface area contributed by atoms with Crippen molar-refractivity contribution >= 4 is 11.8 Å². The third kappa shape index (κ3) is 7.32. The van der Waals surface area contributed by atoms with Crippen LogP contribution < -0.4 is 5.32 Å². The predicted octanol–water partition coefficient (Wildman–Crippen LogP) is 2.84. The fourth-order valence-corrected chi connectivity index (χ4v) is 3.31. The summed E-state index contributed by atoms with van der Waals surface area (Å²) in [4.78, 5) is 2.60. The number of hydrogen-bond acceptors (Lipinski definition) is 3. The summed E-state index contributed by atoms with van der Waals surface area (Å²) in [6.45, 7) is 17.6. The summed E-state index contributed by atoms with van der Waals surface area (Å²) in [6, 6.07) is 0. The highest BCUT2D eigenvalue weighted by atomic mass is 32.2. The average molecular weight is 258 g/mol. The van der Waals surface area contributed by atoms with Crippen molar-refractivity contribution in [1.29, 1.82) is 0 Å². The van der Waals surface area contributed by atoms with Crippen LogP contribution in [0.4, 0.5) is 0 Å². The Morgan fingerprint density at radius 2 is 1.94 bits per heavy atom. The van der Waals surface area contributed by atoms with Crippen molar-refractivity contribution in [3.8, 4) is 0 Å². The zero-order valence-corrected chi connectivity index (χ0v) is 13.1. The quantitative estimate of drug-likeness (QED) is 0.764. The largest absolute Gasteiger partial charge is 0.315 e. The van der Waals surface area contributed by atoms with Gasteiger partial charge in [0, 0.05) is 36.7 Å². The molecule has 1 fully saturated rings. The average Bonchev–Trinajstić information content (AvgIpc) is 2.13. The van der Waals surface area contributed by atoms with E-state index in [0.717, 1.165) is 13.1 Å². The second-order valence-electron chi connectivity index (χ2n) is 6.94. The molecule has 0 unspecified atom stereocenters. The van der Waals surface area contributed by atoms with Gasteiger partial charge in [-0.15, -0.1) is 0 Å². The molecule has 3 heteroatoms. The van der Waals surface area contributed by atoms with Gasteiger partial charge in [-0.3, -0.25) is 4.90 Å². The summed E-state index contributed by atoms with van der Waals surface area (Å²) in [5.74, 6) is 1.29. The van der Waals surface area contributed by atoms with Crippen LogP contribution in [-0.2, 0) is 0 Å². The van der Waals surface area contributed by atoms with E-state index in [2.05, 4.69) is 56.6 Å². The molecule has 102 valence electrons. The molecule has 0 amide bonds. The fraction of sp³-hybridized carbons (Fsp3) is 1.00. The standard InChI is InChI=1S/C14H30N2S/c1-13(2,3)6-7-15-8-9-16-10-11-17-14(4,5)12-16/h15H,6-12H2,1-5H3. The first-order chi connectivity index (χ1) is 7.79. The van der Waals surface area contributed by atoms with Crippen molar-refractivity contribution in [2.24, 2.45) is 5.41 Å². The van der Waals surface area contributed by atoms with Crippen molar-refractivity contribution in [1.82, 2.24) is 10.2 Å². The normalized spacial score (nSPS) is 21.7. The van der Waals surface area contributed by atoms with Crippen LogP contribution in [-0.4, -0.2) is 48.1 Å². The smallest absolute Gasteiger partial charge is 0.0231 e. The van der Waals surface area contributed by atoms with Gasteiger partial charge in [-0.25, -0.2) is 0 Å². The molecule has 0 saturated carbocycles. The molecule has 0 radical (unpaired) electrons. The first kappa shape index (κ1) is 15.3. The molecule has 0 aliphatic carbocycles. The number of nitrogens with one attached hydrogen (secondary N) is 1. The van der Waals surface area contributed by atoms with E-state index < -0.39 is 0 Å². The minimum absolute atomic E-state index is 0.448. The first-order valence-corrected chi connectivity index (χ1v) is 7.84.